The summed E-state index contributed by atoms with van der Waals surface area (Å²) in [7, 11) is 0. The van der Waals surface area contributed by atoms with Gasteiger partial charge in [-0.25, -0.2) is 0 Å². The molecule has 1 unspecified atom stereocenters. The highest BCUT2D eigenvalue weighted by Gasteiger charge is 2.56. The van der Waals surface area contributed by atoms with Gasteiger partial charge < -0.3 is 5.11 Å². The molecule has 0 spiro atoms. The smallest absolute Gasteiger partial charge is 0.136 e. The van der Waals surface area contributed by atoms with Crippen LogP contribution < -0.4 is 0 Å². The fraction of sp³-hybridized carbons (Fsp3) is 0.909. The first-order valence-electron chi connectivity index (χ1n) is 10.4. The molecule has 25 heavy (non-hydrogen) atoms. The largest absolute Gasteiger partial charge is 0.390 e. The molecule has 3 nitrogen and oxygen atoms in total. The highest BCUT2D eigenvalue weighted by molar-refractivity contribution is 5.82. The molecule has 3 fully saturated rings. The maximum atomic E-state index is 12.9. The summed E-state index contributed by atoms with van der Waals surface area (Å²) in [5, 5.41) is 10.6. The summed E-state index contributed by atoms with van der Waals surface area (Å²) in [6.07, 6.45) is 8.41. The van der Waals surface area contributed by atoms with Crippen LogP contribution in [0.1, 0.15) is 85.5 Å². The van der Waals surface area contributed by atoms with E-state index in [-0.39, 0.29) is 17.3 Å². The molecule has 7 atom stereocenters. The molecule has 0 bridgehead atoms. The number of Topliss-reactive ketones (excluding diaryl/α,β-unsaturated/α-hetero) is 2. The van der Waals surface area contributed by atoms with Crippen molar-refractivity contribution in [1.82, 2.24) is 0 Å². The molecular weight excluding hydrogens is 312 g/mol. The summed E-state index contributed by atoms with van der Waals surface area (Å²) in [5.41, 5.74) is -0.591. The molecule has 0 aromatic heterocycles. The Bertz CT molecular complexity index is 537. The van der Waals surface area contributed by atoms with Gasteiger partial charge in [-0.05, 0) is 82.0 Å². The van der Waals surface area contributed by atoms with Crippen LogP contribution in [0.2, 0.25) is 0 Å². The van der Waals surface area contributed by atoms with Crippen molar-refractivity contribution in [3.63, 3.8) is 0 Å². The summed E-state index contributed by atoms with van der Waals surface area (Å²) < 4.78 is 0. The van der Waals surface area contributed by atoms with Crippen LogP contribution in [0.4, 0.5) is 0 Å². The highest BCUT2D eigenvalue weighted by atomic mass is 16.3. The summed E-state index contributed by atoms with van der Waals surface area (Å²) in [6, 6.07) is 0. The molecule has 3 saturated carbocycles. The lowest BCUT2D eigenvalue weighted by molar-refractivity contribution is -0.136. The van der Waals surface area contributed by atoms with E-state index in [4.69, 9.17) is 0 Å². The monoisotopic (exact) mass is 348 g/mol. The van der Waals surface area contributed by atoms with Gasteiger partial charge in [-0.2, -0.15) is 0 Å². The van der Waals surface area contributed by atoms with Gasteiger partial charge in [0.15, 0.2) is 0 Å². The molecule has 0 aromatic rings. The average Bonchev–Trinajstić information content (AvgIpc) is 2.86. The van der Waals surface area contributed by atoms with Crippen molar-refractivity contribution in [2.45, 2.75) is 91.1 Å². The minimum absolute atomic E-state index is 0.0390. The zero-order valence-corrected chi connectivity index (χ0v) is 16.5. The second-order valence-corrected chi connectivity index (χ2v) is 9.87. The van der Waals surface area contributed by atoms with Crippen molar-refractivity contribution in [1.29, 1.82) is 0 Å². The Kier molecular flexibility index (Phi) is 5.18. The number of hydrogen-bond donors (Lipinski definition) is 1. The van der Waals surface area contributed by atoms with Crippen LogP contribution >= 0.6 is 0 Å². The van der Waals surface area contributed by atoms with Gasteiger partial charge in [0.05, 0.1) is 5.60 Å². The van der Waals surface area contributed by atoms with E-state index in [0.717, 1.165) is 44.9 Å². The predicted molar refractivity (Wildman–Crippen MR) is 99.1 cm³/mol. The highest BCUT2D eigenvalue weighted by Crippen LogP contribution is 2.62. The van der Waals surface area contributed by atoms with Gasteiger partial charge >= 0.3 is 0 Å². The van der Waals surface area contributed by atoms with E-state index < -0.39 is 5.60 Å². The van der Waals surface area contributed by atoms with E-state index in [1.54, 1.807) is 6.92 Å². The summed E-state index contributed by atoms with van der Waals surface area (Å²) >= 11 is 0. The van der Waals surface area contributed by atoms with E-state index in [1.165, 1.54) is 0 Å². The van der Waals surface area contributed by atoms with Crippen LogP contribution in [0, 0.1) is 35.0 Å². The van der Waals surface area contributed by atoms with Crippen molar-refractivity contribution in [2.75, 3.05) is 0 Å². The first-order valence-corrected chi connectivity index (χ1v) is 10.4. The molecule has 0 amide bonds. The normalized spacial score (nSPS) is 43.2. The molecule has 1 N–H and O–H groups in total. The van der Waals surface area contributed by atoms with Gasteiger partial charge in [0.2, 0.25) is 0 Å². The van der Waals surface area contributed by atoms with E-state index in [9.17, 15) is 14.7 Å². The van der Waals surface area contributed by atoms with Crippen LogP contribution in [-0.2, 0) is 9.59 Å². The van der Waals surface area contributed by atoms with Crippen LogP contribution in [0.15, 0.2) is 0 Å². The standard InChI is InChI=1S/C22H36O3/c1-5-9-21(3,25)13-16-11-15-8-10-22(4)18(14(2)23)6-7-19(22)17(15)12-20(16)24/h15-19,25H,5-13H2,1-4H3/t15-,16-,17-,18-,19+,21?,22-/m1/s1. The number of hydrogen-bond acceptors (Lipinski definition) is 3. The Morgan fingerprint density at radius 3 is 2.68 bits per heavy atom. The third kappa shape index (κ3) is 3.46. The number of carbonyl (C=O) groups is 2. The maximum Gasteiger partial charge on any atom is 0.136 e. The number of aliphatic hydroxyl groups is 1. The van der Waals surface area contributed by atoms with Gasteiger partial charge in [0, 0.05) is 18.3 Å². The minimum Gasteiger partial charge on any atom is -0.390 e. The molecule has 3 heteroatoms. The lowest BCUT2D eigenvalue weighted by Gasteiger charge is -2.51. The van der Waals surface area contributed by atoms with Crippen LogP contribution in [0.25, 0.3) is 0 Å². The first-order chi connectivity index (χ1) is 11.7. The van der Waals surface area contributed by atoms with Gasteiger partial charge in [-0.15, -0.1) is 0 Å². The third-order valence-corrected chi connectivity index (χ3v) is 8.03. The second-order valence-electron chi connectivity index (χ2n) is 9.87. The van der Waals surface area contributed by atoms with Gasteiger partial charge in [0.25, 0.3) is 0 Å². The van der Waals surface area contributed by atoms with Crippen molar-refractivity contribution in [3.8, 4) is 0 Å². The average molecular weight is 349 g/mol. The van der Waals surface area contributed by atoms with E-state index in [0.29, 0.717) is 42.2 Å². The molecule has 0 aliphatic heterocycles. The summed E-state index contributed by atoms with van der Waals surface area (Å²) in [4.78, 5) is 25.0. The van der Waals surface area contributed by atoms with Crippen molar-refractivity contribution >= 4 is 11.6 Å². The molecule has 0 radical (unpaired) electrons. The zero-order valence-electron chi connectivity index (χ0n) is 16.5. The van der Waals surface area contributed by atoms with Crippen molar-refractivity contribution in [2.24, 2.45) is 35.0 Å². The van der Waals surface area contributed by atoms with E-state index in [1.807, 2.05) is 6.92 Å². The van der Waals surface area contributed by atoms with Crippen LogP contribution in [-0.4, -0.2) is 22.3 Å². The number of carbonyl (C=O) groups excluding carboxylic acids is 2. The van der Waals surface area contributed by atoms with Gasteiger partial charge in [0.1, 0.15) is 11.6 Å². The molecule has 3 rings (SSSR count). The molecule has 0 aromatic carbocycles. The maximum absolute atomic E-state index is 12.9. The second kappa shape index (κ2) is 6.79. The summed E-state index contributed by atoms with van der Waals surface area (Å²) in [6.45, 7) is 8.04. The lowest BCUT2D eigenvalue weighted by atomic mass is 9.53. The lowest BCUT2D eigenvalue weighted by Crippen LogP contribution is -2.47. The van der Waals surface area contributed by atoms with Crippen molar-refractivity contribution < 1.29 is 14.7 Å². The fourth-order valence-electron chi connectivity index (χ4n) is 6.90. The Balaban J connectivity index is 1.72. The zero-order chi connectivity index (χ0) is 18.4. The molecule has 0 saturated heterocycles. The molecule has 3 aliphatic rings. The van der Waals surface area contributed by atoms with Crippen LogP contribution in [0.3, 0.4) is 0 Å². The van der Waals surface area contributed by atoms with Crippen LogP contribution in [0.5, 0.6) is 0 Å². The Morgan fingerprint density at radius 1 is 1.32 bits per heavy atom. The molecule has 3 aliphatic carbocycles. The van der Waals surface area contributed by atoms with E-state index >= 15 is 0 Å². The topological polar surface area (TPSA) is 54.4 Å². The summed E-state index contributed by atoms with van der Waals surface area (Å²) in [5.74, 6) is 2.59. The molecule has 0 heterocycles. The number of ketones is 2. The predicted octanol–water partition coefficient (Wildman–Crippen LogP) is 4.55. The fourth-order valence-corrected chi connectivity index (χ4v) is 6.90. The van der Waals surface area contributed by atoms with Gasteiger partial charge in [-0.1, -0.05) is 20.3 Å². The number of fused-ring (bicyclic) bond motifs is 3. The molecular formula is C22H36O3. The Labute approximate surface area is 153 Å². The van der Waals surface area contributed by atoms with Gasteiger partial charge in [-0.3, -0.25) is 9.59 Å². The quantitative estimate of drug-likeness (QED) is 0.793. The first kappa shape index (κ1) is 19.1. The Hall–Kier alpha value is -0.700. The minimum atomic E-state index is -0.710. The SMILES string of the molecule is CCCC(C)(O)C[C@H]1C[C@H]2CC[C@]3(C)[C@@H](C(C)=O)CC[C@H]3[C@@H]2CC1=O. The Morgan fingerprint density at radius 2 is 2.04 bits per heavy atom. The third-order valence-electron chi connectivity index (χ3n) is 8.03. The van der Waals surface area contributed by atoms with Crippen molar-refractivity contribution in [3.05, 3.63) is 0 Å². The number of rotatable bonds is 5. The van der Waals surface area contributed by atoms with E-state index in [2.05, 4.69) is 13.8 Å². The molecule has 142 valence electrons.